The van der Waals surface area contributed by atoms with Crippen molar-refractivity contribution in [2.24, 2.45) is 0 Å². The Bertz CT molecular complexity index is 1430. The number of sulfone groups is 1. The van der Waals surface area contributed by atoms with E-state index < -0.39 is 9.84 Å². The normalized spacial score (nSPS) is 17.6. The van der Waals surface area contributed by atoms with E-state index in [-0.39, 0.29) is 4.90 Å². The molecule has 5 rings (SSSR count). The van der Waals surface area contributed by atoms with Crippen molar-refractivity contribution < 1.29 is 8.42 Å². The highest BCUT2D eigenvalue weighted by Crippen LogP contribution is 2.40. The number of aryl methyl sites for hydroxylation is 1. The minimum Gasteiger partial charge on any atom is -0.358 e. The van der Waals surface area contributed by atoms with Crippen molar-refractivity contribution in [3.05, 3.63) is 58.9 Å². The molecule has 0 spiro atoms. The lowest BCUT2D eigenvalue weighted by Crippen LogP contribution is -2.29. The molecule has 0 saturated heterocycles. The number of aromatic nitrogens is 2. The Kier molecular flexibility index (Phi) is 4.74. The molecule has 0 saturated carbocycles. The van der Waals surface area contributed by atoms with Gasteiger partial charge in [-0.2, -0.15) is 0 Å². The van der Waals surface area contributed by atoms with Crippen LogP contribution in [-0.4, -0.2) is 31.0 Å². The average molecular weight is 458 g/mol. The number of pyridine rings is 1. The Balaban J connectivity index is 1.68. The summed E-state index contributed by atoms with van der Waals surface area (Å²) in [5.41, 5.74) is 4.12. The maximum Gasteiger partial charge on any atom is 0.218 e. The highest BCUT2D eigenvalue weighted by molar-refractivity contribution is 7.94. The van der Waals surface area contributed by atoms with Gasteiger partial charge in [-0.3, -0.25) is 4.98 Å². The zero-order valence-corrected chi connectivity index (χ0v) is 18.9. The molecular weight excluding hydrogens is 438 g/mol. The fourth-order valence-electron chi connectivity index (χ4n) is 4.08. The van der Waals surface area contributed by atoms with Crippen molar-refractivity contribution >= 4 is 59.5 Å². The molecule has 1 aliphatic heterocycles. The SMILES string of the molecule is Cc1c(S(=O)(=O)c2ccnc3c(C4=CCNC(C)C4)c[nH]c23)sc2ccc(Cl)cc12. The van der Waals surface area contributed by atoms with Crippen LogP contribution in [0.1, 0.15) is 24.5 Å². The number of fused-ring (bicyclic) bond motifs is 2. The van der Waals surface area contributed by atoms with E-state index in [1.54, 1.807) is 18.3 Å². The molecular formula is C22H20ClN3O2S2. The van der Waals surface area contributed by atoms with E-state index in [2.05, 4.69) is 28.3 Å². The smallest absolute Gasteiger partial charge is 0.218 e. The van der Waals surface area contributed by atoms with Crippen LogP contribution in [0.15, 0.2) is 51.8 Å². The monoisotopic (exact) mass is 457 g/mol. The Morgan fingerprint density at radius 3 is 2.90 bits per heavy atom. The van der Waals surface area contributed by atoms with Crippen molar-refractivity contribution in [2.75, 3.05) is 6.54 Å². The lowest BCUT2D eigenvalue weighted by Gasteiger charge is -2.20. The van der Waals surface area contributed by atoms with Crippen LogP contribution in [0.4, 0.5) is 0 Å². The van der Waals surface area contributed by atoms with E-state index in [9.17, 15) is 8.42 Å². The second kappa shape index (κ2) is 7.20. The van der Waals surface area contributed by atoms with Crippen LogP contribution < -0.4 is 5.32 Å². The molecule has 8 heteroatoms. The number of hydrogen-bond donors (Lipinski definition) is 2. The van der Waals surface area contributed by atoms with Crippen molar-refractivity contribution in [1.29, 1.82) is 0 Å². The second-order valence-corrected chi connectivity index (χ2v) is 11.2. The van der Waals surface area contributed by atoms with Crippen molar-refractivity contribution in [3.8, 4) is 0 Å². The molecule has 1 aliphatic rings. The minimum absolute atomic E-state index is 0.252. The number of benzene rings is 1. The topological polar surface area (TPSA) is 74.8 Å². The van der Waals surface area contributed by atoms with Gasteiger partial charge in [0.1, 0.15) is 4.21 Å². The van der Waals surface area contributed by atoms with Gasteiger partial charge in [0.2, 0.25) is 9.84 Å². The molecule has 0 fully saturated rings. The first-order chi connectivity index (χ1) is 14.4. The summed E-state index contributed by atoms with van der Waals surface area (Å²) in [5, 5.41) is 4.86. The van der Waals surface area contributed by atoms with E-state index in [1.165, 1.54) is 16.9 Å². The number of nitrogens with zero attached hydrogens (tertiary/aromatic N) is 1. The number of nitrogens with one attached hydrogen (secondary N) is 2. The first kappa shape index (κ1) is 19.8. The fourth-order valence-corrected chi connectivity index (χ4v) is 7.53. The summed E-state index contributed by atoms with van der Waals surface area (Å²) < 4.78 is 28.6. The minimum atomic E-state index is -3.73. The Labute approximate surface area is 183 Å². The standard InChI is InChI=1S/C22H20ClN3O2S2/c1-12-9-14(5-7-24-12)17-11-26-21-19(6-8-25-20(17)21)30(27,28)22-13(2)16-10-15(23)3-4-18(16)29-22/h3-6,8,10-12,24,26H,7,9H2,1-2H3. The lowest BCUT2D eigenvalue weighted by atomic mass is 9.97. The zero-order chi connectivity index (χ0) is 21.0. The van der Waals surface area contributed by atoms with Crippen LogP contribution in [-0.2, 0) is 9.84 Å². The number of H-pyrrole nitrogens is 1. The van der Waals surface area contributed by atoms with Crippen LogP contribution in [0.2, 0.25) is 5.02 Å². The predicted octanol–water partition coefficient (Wildman–Crippen LogP) is 5.34. The number of rotatable bonds is 3. The molecule has 0 amide bonds. The third kappa shape index (κ3) is 3.08. The van der Waals surface area contributed by atoms with E-state index >= 15 is 0 Å². The van der Waals surface area contributed by atoms with E-state index in [0.29, 0.717) is 26.3 Å². The van der Waals surface area contributed by atoms with Crippen LogP contribution in [0.25, 0.3) is 26.7 Å². The molecule has 2 N–H and O–H groups in total. The van der Waals surface area contributed by atoms with Gasteiger partial charge in [0.25, 0.3) is 0 Å². The maximum atomic E-state index is 13.7. The molecule has 1 aromatic carbocycles. The van der Waals surface area contributed by atoms with Gasteiger partial charge in [-0.1, -0.05) is 17.7 Å². The van der Waals surface area contributed by atoms with Gasteiger partial charge >= 0.3 is 0 Å². The van der Waals surface area contributed by atoms with E-state index in [0.717, 1.165) is 34.2 Å². The fraction of sp³-hybridized carbons (Fsp3) is 0.227. The van der Waals surface area contributed by atoms with Gasteiger partial charge < -0.3 is 10.3 Å². The molecule has 30 heavy (non-hydrogen) atoms. The molecule has 4 heterocycles. The zero-order valence-electron chi connectivity index (χ0n) is 16.5. The third-order valence-electron chi connectivity index (χ3n) is 5.60. The summed E-state index contributed by atoms with van der Waals surface area (Å²) in [4.78, 5) is 7.95. The van der Waals surface area contributed by atoms with Gasteiger partial charge in [0.15, 0.2) is 0 Å². The number of aromatic amines is 1. The molecule has 0 bridgehead atoms. The average Bonchev–Trinajstić information content (AvgIpc) is 3.30. The summed E-state index contributed by atoms with van der Waals surface area (Å²) in [6.07, 6.45) is 6.47. The molecule has 1 unspecified atom stereocenters. The summed E-state index contributed by atoms with van der Waals surface area (Å²) in [5.74, 6) is 0. The van der Waals surface area contributed by atoms with Crippen LogP contribution in [0.3, 0.4) is 0 Å². The first-order valence-electron chi connectivity index (χ1n) is 9.69. The highest BCUT2D eigenvalue weighted by Gasteiger charge is 2.28. The quantitative estimate of drug-likeness (QED) is 0.435. The van der Waals surface area contributed by atoms with Crippen molar-refractivity contribution in [3.63, 3.8) is 0 Å². The van der Waals surface area contributed by atoms with E-state index in [4.69, 9.17) is 11.6 Å². The number of hydrogen-bond acceptors (Lipinski definition) is 5. The second-order valence-electron chi connectivity index (χ2n) is 7.64. The van der Waals surface area contributed by atoms with Gasteiger partial charge in [-0.05, 0) is 61.1 Å². The summed E-state index contributed by atoms with van der Waals surface area (Å²) in [7, 11) is -3.73. The first-order valence-corrected chi connectivity index (χ1v) is 12.4. The third-order valence-corrected chi connectivity index (χ3v) is 9.53. The summed E-state index contributed by atoms with van der Waals surface area (Å²) in [6, 6.07) is 7.42. The van der Waals surface area contributed by atoms with E-state index in [1.807, 2.05) is 25.3 Å². The van der Waals surface area contributed by atoms with Gasteiger partial charge in [0.05, 0.1) is 15.9 Å². The molecule has 5 nitrogen and oxygen atoms in total. The van der Waals surface area contributed by atoms with Crippen LogP contribution in [0.5, 0.6) is 0 Å². The van der Waals surface area contributed by atoms with Gasteiger partial charge in [0, 0.05) is 40.3 Å². The van der Waals surface area contributed by atoms with Crippen LogP contribution >= 0.6 is 22.9 Å². The predicted molar refractivity (Wildman–Crippen MR) is 123 cm³/mol. The maximum absolute atomic E-state index is 13.7. The molecule has 3 aromatic heterocycles. The van der Waals surface area contributed by atoms with Gasteiger partial charge in [-0.25, -0.2) is 8.42 Å². The van der Waals surface area contributed by atoms with Crippen molar-refractivity contribution in [2.45, 2.75) is 35.4 Å². The summed E-state index contributed by atoms with van der Waals surface area (Å²) >= 11 is 7.41. The summed E-state index contributed by atoms with van der Waals surface area (Å²) in [6.45, 7) is 4.77. The Hall–Kier alpha value is -2.19. The molecule has 0 radical (unpaired) electrons. The molecule has 1 atom stereocenters. The van der Waals surface area contributed by atoms with Crippen LogP contribution in [0, 0.1) is 6.92 Å². The highest BCUT2D eigenvalue weighted by atomic mass is 35.5. The lowest BCUT2D eigenvalue weighted by molar-refractivity contribution is 0.579. The Morgan fingerprint density at radius 2 is 2.10 bits per heavy atom. The molecule has 154 valence electrons. The molecule has 4 aromatic rings. The number of thiophene rings is 1. The largest absolute Gasteiger partial charge is 0.358 e. The molecule has 0 aliphatic carbocycles. The van der Waals surface area contributed by atoms with Gasteiger partial charge in [-0.15, -0.1) is 11.3 Å². The number of halogens is 1. The Morgan fingerprint density at radius 1 is 1.27 bits per heavy atom. The van der Waals surface area contributed by atoms with Crippen molar-refractivity contribution in [1.82, 2.24) is 15.3 Å².